The van der Waals surface area contributed by atoms with Crippen molar-refractivity contribution in [3.63, 3.8) is 0 Å². The zero-order chi connectivity index (χ0) is 11.0. The Morgan fingerprint density at radius 3 is 2.50 bits per heavy atom. The summed E-state index contributed by atoms with van der Waals surface area (Å²) in [4.78, 5) is 0. The molecule has 0 saturated carbocycles. The van der Waals surface area contributed by atoms with Crippen molar-refractivity contribution in [1.82, 2.24) is 0 Å². The largest absolute Gasteiger partial charge is 0.192 e. The molecular weight excluding hydrogens is 191 g/mol. The molecule has 0 saturated heterocycles. The summed E-state index contributed by atoms with van der Waals surface area (Å²) < 4.78 is 0. The fraction of sp³-hybridized carbons (Fsp3) is 0.455. The van der Waals surface area contributed by atoms with E-state index >= 15 is 0 Å². The number of hydrogen-bond acceptors (Lipinski definition) is 2. The Balaban J connectivity index is 4.38. The molecule has 0 rings (SSSR count). The van der Waals surface area contributed by atoms with Crippen LogP contribution in [0.4, 0.5) is 0 Å². The summed E-state index contributed by atoms with van der Waals surface area (Å²) in [5.41, 5.74) is 0.907. The summed E-state index contributed by atoms with van der Waals surface area (Å²) in [6.45, 7) is 6.06. The molecule has 14 heavy (non-hydrogen) atoms. The predicted octanol–water partition coefficient (Wildman–Crippen LogP) is 3.74. The zero-order valence-corrected chi connectivity index (χ0v) is 10.5. The molecule has 3 heteroatoms. The van der Waals surface area contributed by atoms with E-state index in [1.54, 1.807) is 7.05 Å². The molecule has 0 heterocycles. The first-order valence-electron chi connectivity index (χ1n) is 4.60. The van der Waals surface area contributed by atoms with E-state index in [9.17, 15) is 0 Å². The van der Waals surface area contributed by atoms with E-state index < -0.39 is 0 Å². The smallest absolute Gasteiger partial charge is 0.0595 e. The van der Waals surface area contributed by atoms with Crippen molar-refractivity contribution in [2.24, 2.45) is 10.2 Å². The molecule has 0 fully saturated rings. The van der Waals surface area contributed by atoms with Gasteiger partial charge in [-0.1, -0.05) is 24.3 Å². The van der Waals surface area contributed by atoms with E-state index in [0.29, 0.717) is 0 Å². The van der Waals surface area contributed by atoms with Crippen LogP contribution < -0.4 is 0 Å². The minimum absolute atomic E-state index is 0.0227. The Hall–Kier alpha value is -0.750. The van der Waals surface area contributed by atoms with E-state index in [4.69, 9.17) is 0 Å². The van der Waals surface area contributed by atoms with E-state index in [0.717, 1.165) is 5.70 Å². The molecule has 2 unspecified atom stereocenters. The maximum atomic E-state index is 3.90. The van der Waals surface area contributed by atoms with Gasteiger partial charge < -0.3 is 0 Å². The van der Waals surface area contributed by atoms with Gasteiger partial charge in [-0.2, -0.15) is 10.2 Å². The molecule has 0 N–H and O–H groups in total. The van der Waals surface area contributed by atoms with Crippen LogP contribution in [0.2, 0.25) is 0 Å². The van der Waals surface area contributed by atoms with Crippen LogP contribution in [0, 0.1) is 0 Å². The first-order valence-corrected chi connectivity index (χ1v) is 5.18. The molecule has 0 aliphatic carbocycles. The molecule has 0 aliphatic rings. The molecule has 2 atom stereocenters. The van der Waals surface area contributed by atoms with Gasteiger partial charge in [-0.15, -0.1) is 9.24 Å². The van der Waals surface area contributed by atoms with Crippen LogP contribution in [0.1, 0.15) is 20.8 Å². The van der Waals surface area contributed by atoms with Crippen molar-refractivity contribution in [2.75, 3.05) is 7.05 Å². The molecule has 0 aliphatic heterocycles. The van der Waals surface area contributed by atoms with Gasteiger partial charge in [0.15, 0.2) is 0 Å². The van der Waals surface area contributed by atoms with Crippen molar-refractivity contribution >= 4 is 9.24 Å². The highest BCUT2D eigenvalue weighted by Crippen LogP contribution is 2.21. The summed E-state index contributed by atoms with van der Waals surface area (Å²) in [6, 6.07) is 0. The molecule has 78 valence electrons. The number of azo groups is 1. The second-order valence-corrected chi connectivity index (χ2v) is 4.58. The average Bonchev–Trinajstić information content (AvgIpc) is 2.03. The maximum absolute atomic E-state index is 3.90. The summed E-state index contributed by atoms with van der Waals surface area (Å²) in [6.07, 6.45) is 10.2. The Bertz CT molecular complexity index is 273. The van der Waals surface area contributed by atoms with E-state index in [1.807, 2.05) is 32.1 Å². The number of allylic oxidation sites excluding steroid dienone is 6. The maximum Gasteiger partial charge on any atom is 0.0595 e. The zero-order valence-electron chi connectivity index (χ0n) is 9.36. The number of hydrogen-bond donors (Lipinski definition) is 0. The van der Waals surface area contributed by atoms with Gasteiger partial charge in [0, 0.05) is 12.2 Å². The molecule has 0 amide bonds. The second-order valence-electron chi connectivity index (χ2n) is 3.33. The lowest BCUT2D eigenvalue weighted by Crippen LogP contribution is -2.05. The van der Waals surface area contributed by atoms with Gasteiger partial charge in [0.25, 0.3) is 0 Å². The van der Waals surface area contributed by atoms with Gasteiger partial charge in [0.2, 0.25) is 0 Å². The standard InChI is InChI=1S/C11H19N2P/c1-5-8-11(3,14)9-6-7-10(2)13-12-4/h5-9H,14H2,1-4H3/b8-5-,9-6-,10-7+,13-12?. The third-order valence-electron chi connectivity index (χ3n) is 1.58. The lowest BCUT2D eigenvalue weighted by atomic mass is 10.1. The van der Waals surface area contributed by atoms with E-state index in [1.165, 1.54) is 0 Å². The van der Waals surface area contributed by atoms with Gasteiger partial charge in [-0.25, -0.2) is 0 Å². The van der Waals surface area contributed by atoms with Crippen LogP contribution in [-0.4, -0.2) is 12.2 Å². The molecule has 0 aromatic rings. The third-order valence-corrected chi connectivity index (χ3v) is 1.96. The second kappa shape index (κ2) is 6.67. The SMILES string of the molecule is C/C=C\C(C)(P)/C=C\C=C(/C)N=NC. The van der Waals surface area contributed by atoms with Crippen LogP contribution in [0.5, 0.6) is 0 Å². The van der Waals surface area contributed by atoms with Gasteiger partial charge >= 0.3 is 0 Å². The predicted molar refractivity (Wildman–Crippen MR) is 66.6 cm³/mol. The Morgan fingerprint density at radius 2 is 2.00 bits per heavy atom. The van der Waals surface area contributed by atoms with Crippen molar-refractivity contribution in [1.29, 1.82) is 0 Å². The van der Waals surface area contributed by atoms with Gasteiger partial charge in [0.05, 0.1) is 5.70 Å². The molecular formula is C11H19N2P. The van der Waals surface area contributed by atoms with Crippen molar-refractivity contribution in [3.8, 4) is 0 Å². The van der Waals surface area contributed by atoms with E-state index in [2.05, 4.69) is 38.5 Å². The summed E-state index contributed by atoms with van der Waals surface area (Å²) in [5, 5.41) is 7.61. The number of rotatable bonds is 4. The van der Waals surface area contributed by atoms with Crippen LogP contribution in [0.15, 0.2) is 46.3 Å². The first kappa shape index (κ1) is 13.2. The van der Waals surface area contributed by atoms with Crippen molar-refractivity contribution < 1.29 is 0 Å². The monoisotopic (exact) mass is 210 g/mol. The van der Waals surface area contributed by atoms with Crippen LogP contribution in [-0.2, 0) is 0 Å². The summed E-state index contributed by atoms with van der Waals surface area (Å²) >= 11 is 0. The van der Waals surface area contributed by atoms with Crippen LogP contribution in [0.3, 0.4) is 0 Å². The lowest BCUT2D eigenvalue weighted by Gasteiger charge is -2.12. The highest BCUT2D eigenvalue weighted by atomic mass is 31.0. The Labute approximate surface area is 89.1 Å². The topological polar surface area (TPSA) is 24.7 Å². The van der Waals surface area contributed by atoms with Gasteiger partial charge in [0.1, 0.15) is 0 Å². The first-order chi connectivity index (χ1) is 6.52. The van der Waals surface area contributed by atoms with Crippen LogP contribution >= 0.6 is 9.24 Å². The molecule has 0 aromatic carbocycles. The summed E-state index contributed by atoms with van der Waals surface area (Å²) in [7, 11) is 4.46. The Kier molecular flexibility index (Phi) is 6.31. The third kappa shape index (κ3) is 6.73. The normalized spacial score (nSPS) is 18.5. The minimum Gasteiger partial charge on any atom is -0.192 e. The molecule has 0 aromatic heterocycles. The van der Waals surface area contributed by atoms with Gasteiger partial charge in [-0.05, 0) is 26.8 Å². The quantitative estimate of drug-likeness (QED) is 0.292. The van der Waals surface area contributed by atoms with Crippen molar-refractivity contribution in [2.45, 2.75) is 25.9 Å². The number of nitrogens with zero attached hydrogens (tertiary/aromatic N) is 2. The minimum atomic E-state index is 0.0227. The Morgan fingerprint density at radius 1 is 1.36 bits per heavy atom. The highest BCUT2D eigenvalue weighted by molar-refractivity contribution is 7.19. The van der Waals surface area contributed by atoms with E-state index in [-0.39, 0.29) is 5.16 Å². The molecule has 0 bridgehead atoms. The van der Waals surface area contributed by atoms with Gasteiger partial charge in [-0.3, -0.25) is 0 Å². The average molecular weight is 210 g/mol. The van der Waals surface area contributed by atoms with Crippen molar-refractivity contribution in [3.05, 3.63) is 36.1 Å². The fourth-order valence-corrected chi connectivity index (χ4v) is 1.30. The highest BCUT2D eigenvalue weighted by Gasteiger charge is 2.06. The fourth-order valence-electron chi connectivity index (χ4n) is 1.00. The summed E-state index contributed by atoms with van der Waals surface area (Å²) in [5.74, 6) is 0. The molecule has 0 radical (unpaired) electrons. The molecule has 2 nitrogen and oxygen atoms in total. The van der Waals surface area contributed by atoms with Crippen LogP contribution in [0.25, 0.3) is 0 Å². The lowest BCUT2D eigenvalue weighted by molar-refractivity contribution is 1.00. The molecule has 0 spiro atoms.